The minimum atomic E-state index is 0.533. The van der Waals surface area contributed by atoms with Gasteiger partial charge < -0.3 is 4.84 Å². The Balaban J connectivity index is 2.05. The second kappa shape index (κ2) is 6.67. The minimum Gasteiger partial charge on any atom is -0.396 e. The van der Waals surface area contributed by atoms with Crippen LogP contribution in [-0.4, -0.2) is 27.6 Å². The van der Waals surface area contributed by atoms with Gasteiger partial charge in [0.25, 0.3) is 0 Å². The Bertz CT molecular complexity index is 751. The van der Waals surface area contributed by atoms with E-state index in [0.717, 1.165) is 22.5 Å². The van der Waals surface area contributed by atoms with E-state index in [1.807, 2.05) is 60.3 Å². The number of aromatic nitrogens is 3. The van der Waals surface area contributed by atoms with Crippen LogP contribution in [0.3, 0.4) is 0 Å². The first-order chi connectivity index (χ1) is 10.9. The van der Waals surface area contributed by atoms with Crippen LogP contribution >= 0.6 is 0 Å². The molecule has 0 saturated heterocycles. The van der Waals surface area contributed by atoms with Crippen LogP contribution in [0.4, 0.5) is 0 Å². The number of benzene rings is 1. The van der Waals surface area contributed by atoms with E-state index in [1.54, 1.807) is 18.6 Å². The molecule has 110 valence electrons. The fourth-order valence-corrected chi connectivity index (χ4v) is 2.09. The van der Waals surface area contributed by atoms with Gasteiger partial charge in [0.2, 0.25) is 0 Å². The molecule has 3 aromatic rings. The maximum atomic E-state index is 5.06. The summed E-state index contributed by atoms with van der Waals surface area (Å²) in [6, 6.07) is 13.8. The molecule has 0 spiro atoms. The van der Waals surface area contributed by atoms with E-state index in [-0.39, 0.29) is 0 Å². The number of hydrogen-bond acceptors (Lipinski definition) is 4. The zero-order chi connectivity index (χ0) is 15.2. The molecule has 0 unspecified atom stereocenters. The van der Waals surface area contributed by atoms with E-state index in [9.17, 15) is 0 Å². The van der Waals surface area contributed by atoms with Crippen molar-refractivity contribution in [2.45, 2.75) is 6.92 Å². The molecule has 0 aliphatic heterocycles. The number of pyridine rings is 1. The number of para-hydroxylation sites is 1. The molecule has 0 radical (unpaired) electrons. The van der Waals surface area contributed by atoms with Gasteiger partial charge in [-0.25, -0.2) is 4.68 Å². The molecule has 2 aromatic heterocycles. The van der Waals surface area contributed by atoms with Gasteiger partial charge in [0.05, 0.1) is 11.9 Å². The fraction of sp³-hybridized carbons (Fsp3) is 0.118. The first-order valence-electron chi connectivity index (χ1n) is 7.09. The minimum absolute atomic E-state index is 0.533. The zero-order valence-corrected chi connectivity index (χ0v) is 12.3. The molecule has 0 atom stereocenters. The Morgan fingerprint density at radius 2 is 2.05 bits per heavy atom. The summed E-state index contributed by atoms with van der Waals surface area (Å²) >= 11 is 0. The lowest BCUT2D eigenvalue weighted by Crippen LogP contribution is -1.94. The van der Waals surface area contributed by atoms with Crippen molar-refractivity contribution in [1.29, 1.82) is 0 Å². The monoisotopic (exact) mass is 292 g/mol. The molecule has 0 amide bonds. The summed E-state index contributed by atoms with van der Waals surface area (Å²) in [6.45, 7) is 2.43. The van der Waals surface area contributed by atoms with Gasteiger partial charge in [0, 0.05) is 29.7 Å². The van der Waals surface area contributed by atoms with Crippen molar-refractivity contribution in [2.75, 3.05) is 6.61 Å². The van der Waals surface area contributed by atoms with Crippen LogP contribution in [0, 0.1) is 0 Å². The van der Waals surface area contributed by atoms with Crippen LogP contribution in [0.15, 0.2) is 66.2 Å². The maximum absolute atomic E-state index is 5.06. The Labute approximate surface area is 128 Å². The highest BCUT2D eigenvalue weighted by atomic mass is 16.6. The molecule has 3 rings (SSSR count). The van der Waals surface area contributed by atoms with Crippen molar-refractivity contribution < 1.29 is 4.84 Å². The average Bonchev–Trinajstić information content (AvgIpc) is 3.01. The lowest BCUT2D eigenvalue weighted by Gasteiger charge is -1.99. The van der Waals surface area contributed by atoms with Crippen molar-refractivity contribution >= 4 is 6.21 Å². The summed E-state index contributed by atoms with van der Waals surface area (Å²) in [4.78, 5) is 9.22. The third-order valence-electron chi connectivity index (χ3n) is 3.09. The van der Waals surface area contributed by atoms with E-state index in [4.69, 9.17) is 4.84 Å². The molecule has 22 heavy (non-hydrogen) atoms. The number of hydrogen-bond donors (Lipinski definition) is 0. The van der Waals surface area contributed by atoms with Crippen molar-refractivity contribution in [1.82, 2.24) is 14.8 Å². The second-order valence-corrected chi connectivity index (χ2v) is 4.61. The predicted octanol–water partition coefficient (Wildman–Crippen LogP) is 3.30. The predicted molar refractivity (Wildman–Crippen MR) is 86.0 cm³/mol. The second-order valence-electron chi connectivity index (χ2n) is 4.61. The van der Waals surface area contributed by atoms with Crippen molar-refractivity contribution in [3.05, 3.63) is 66.6 Å². The topological polar surface area (TPSA) is 52.3 Å². The number of rotatable bonds is 5. The molecule has 5 nitrogen and oxygen atoms in total. The first kappa shape index (κ1) is 14.0. The highest BCUT2D eigenvalue weighted by Crippen LogP contribution is 2.21. The van der Waals surface area contributed by atoms with Crippen LogP contribution in [0.5, 0.6) is 0 Å². The normalized spacial score (nSPS) is 11.0. The van der Waals surface area contributed by atoms with E-state index in [1.165, 1.54) is 0 Å². The van der Waals surface area contributed by atoms with Gasteiger partial charge in [-0.2, -0.15) is 5.10 Å². The molecular weight excluding hydrogens is 276 g/mol. The highest BCUT2D eigenvalue weighted by Gasteiger charge is 2.11. The van der Waals surface area contributed by atoms with Gasteiger partial charge in [-0.1, -0.05) is 23.4 Å². The lowest BCUT2D eigenvalue weighted by atomic mass is 10.1. The largest absolute Gasteiger partial charge is 0.396 e. The number of oxime groups is 1. The SMILES string of the molecule is CCON=Cc1cn(-c2ccccc2)nc1-c1cccnc1. The van der Waals surface area contributed by atoms with E-state index < -0.39 is 0 Å². The average molecular weight is 292 g/mol. The highest BCUT2D eigenvalue weighted by molar-refractivity contribution is 5.88. The van der Waals surface area contributed by atoms with Crippen molar-refractivity contribution in [3.8, 4) is 16.9 Å². The molecule has 0 N–H and O–H groups in total. The van der Waals surface area contributed by atoms with E-state index in [0.29, 0.717) is 6.61 Å². The van der Waals surface area contributed by atoms with E-state index >= 15 is 0 Å². The summed E-state index contributed by atoms with van der Waals surface area (Å²) in [5.41, 5.74) is 3.63. The van der Waals surface area contributed by atoms with Crippen LogP contribution in [0.25, 0.3) is 16.9 Å². The summed E-state index contributed by atoms with van der Waals surface area (Å²) in [5, 5.41) is 8.61. The molecule has 2 heterocycles. The van der Waals surface area contributed by atoms with Gasteiger partial charge in [-0.15, -0.1) is 0 Å². The molecule has 0 aliphatic rings. The molecule has 0 fully saturated rings. The third-order valence-corrected chi connectivity index (χ3v) is 3.09. The van der Waals surface area contributed by atoms with Crippen LogP contribution in [0.2, 0.25) is 0 Å². The Morgan fingerprint density at radius 3 is 2.77 bits per heavy atom. The summed E-state index contributed by atoms with van der Waals surface area (Å²) < 4.78 is 1.83. The fourth-order valence-electron chi connectivity index (χ4n) is 2.09. The maximum Gasteiger partial charge on any atom is 0.114 e. The quantitative estimate of drug-likeness (QED) is 0.535. The Kier molecular flexibility index (Phi) is 4.25. The molecule has 0 aliphatic carbocycles. The van der Waals surface area contributed by atoms with Crippen molar-refractivity contribution in [3.63, 3.8) is 0 Å². The van der Waals surface area contributed by atoms with Crippen molar-refractivity contribution in [2.24, 2.45) is 5.16 Å². The van der Waals surface area contributed by atoms with Crippen LogP contribution < -0.4 is 0 Å². The summed E-state index contributed by atoms with van der Waals surface area (Å²) in [7, 11) is 0. The molecule has 0 saturated carbocycles. The van der Waals surface area contributed by atoms with Crippen LogP contribution in [-0.2, 0) is 4.84 Å². The van der Waals surface area contributed by atoms with Gasteiger partial charge >= 0.3 is 0 Å². The standard InChI is InChI=1S/C17H16N4O/c1-2-22-19-12-15-13-21(16-8-4-3-5-9-16)20-17(15)14-7-6-10-18-11-14/h3-13H,2H2,1H3. The van der Waals surface area contributed by atoms with Gasteiger partial charge in [-0.05, 0) is 31.2 Å². The third kappa shape index (κ3) is 3.03. The van der Waals surface area contributed by atoms with Gasteiger partial charge in [-0.3, -0.25) is 4.98 Å². The Hall–Kier alpha value is -2.95. The molecular formula is C17H16N4O. The Morgan fingerprint density at radius 1 is 1.18 bits per heavy atom. The molecule has 1 aromatic carbocycles. The number of nitrogens with zero attached hydrogens (tertiary/aromatic N) is 4. The first-order valence-corrected chi connectivity index (χ1v) is 7.09. The van der Waals surface area contributed by atoms with E-state index in [2.05, 4.69) is 15.2 Å². The van der Waals surface area contributed by atoms with Gasteiger partial charge in [0.15, 0.2) is 0 Å². The molecule has 0 bridgehead atoms. The summed E-state index contributed by atoms with van der Waals surface area (Å²) in [5.74, 6) is 0. The summed E-state index contributed by atoms with van der Waals surface area (Å²) in [6.07, 6.45) is 7.14. The molecule has 5 heteroatoms. The zero-order valence-electron chi connectivity index (χ0n) is 12.3. The van der Waals surface area contributed by atoms with Crippen LogP contribution in [0.1, 0.15) is 12.5 Å². The lowest BCUT2D eigenvalue weighted by molar-refractivity contribution is 0.160. The van der Waals surface area contributed by atoms with Gasteiger partial charge in [0.1, 0.15) is 12.3 Å². The smallest absolute Gasteiger partial charge is 0.114 e.